The quantitative estimate of drug-likeness (QED) is 0.841. The maximum Gasteiger partial charge on any atom is 0.407 e. The Hall–Kier alpha value is -3.02. The van der Waals surface area contributed by atoms with Gasteiger partial charge in [0.1, 0.15) is 6.61 Å². The number of amides is 2. The van der Waals surface area contributed by atoms with Crippen molar-refractivity contribution >= 4 is 12.0 Å². The number of carbonyl (C=O) groups excluding carboxylic acids is 2. The molecule has 0 spiro atoms. The van der Waals surface area contributed by atoms with E-state index in [4.69, 9.17) is 4.74 Å². The number of hydrogen-bond acceptors (Lipinski definition) is 3. The molecule has 136 valence electrons. The molecule has 1 aromatic heterocycles. The number of nitrogens with one attached hydrogen (secondary N) is 1. The van der Waals surface area contributed by atoms with Gasteiger partial charge in [0.15, 0.2) is 0 Å². The average molecular weight is 353 g/mol. The Kier molecular flexibility index (Phi) is 5.73. The first-order chi connectivity index (χ1) is 12.7. The zero-order valence-electron chi connectivity index (χ0n) is 14.6. The number of benzene rings is 1. The van der Waals surface area contributed by atoms with E-state index in [1.54, 1.807) is 0 Å². The number of piperidine rings is 1. The second-order valence-electron chi connectivity index (χ2n) is 6.24. The zero-order chi connectivity index (χ0) is 18.4. The second-order valence-corrected chi connectivity index (χ2v) is 6.24. The van der Waals surface area contributed by atoms with Crippen molar-refractivity contribution in [3.63, 3.8) is 0 Å². The Bertz CT molecular complexity index is 745. The molecule has 1 fully saturated rings. The summed E-state index contributed by atoms with van der Waals surface area (Å²) in [6, 6.07) is 11.6. The molecule has 1 N–H and O–H groups in total. The topological polar surface area (TPSA) is 63.6 Å². The van der Waals surface area contributed by atoms with Crippen molar-refractivity contribution in [1.29, 1.82) is 0 Å². The van der Waals surface area contributed by atoms with Gasteiger partial charge in [0.2, 0.25) is 0 Å². The maximum atomic E-state index is 12.7. The van der Waals surface area contributed by atoms with Gasteiger partial charge >= 0.3 is 6.09 Å². The first-order valence-electron chi connectivity index (χ1n) is 8.74. The van der Waals surface area contributed by atoms with Crippen LogP contribution in [0.4, 0.5) is 4.79 Å². The highest BCUT2D eigenvalue weighted by molar-refractivity contribution is 5.94. The van der Waals surface area contributed by atoms with Crippen molar-refractivity contribution in [3.8, 4) is 5.69 Å². The van der Waals surface area contributed by atoms with Gasteiger partial charge in [-0.15, -0.1) is 0 Å². The fraction of sp³-hybridized carbons (Fsp3) is 0.300. The minimum Gasteiger partial charge on any atom is -0.445 e. The van der Waals surface area contributed by atoms with Crippen LogP contribution in [-0.2, 0) is 4.74 Å². The molecule has 2 aromatic rings. The van der Waals surface area contributed by atoms with Crippen LogP contribution < -0.4 is 5.32 Å². The van der Waals surface area contributed by atoms with Crippen LogP contribution in [0.5, 0.6) is 0 Å². The molecular weight excluding hydrogens is 330 g/mol. The molecule has 0 saturated carbocycles. The van der Waals surface area contributed by atoms with Gasteiger partial charge in [-0.3, -0.25) is 4.79 Å². The lowest BCUT2D eigenvalue weighted by atomic mass is 10.0. The number of nitrogens with zero attached hydrogens (tertiary/aromatic N) is 2. The molecule has 3 rings (SSSR count). The van der Waals surface area contributed by atoms with E-state index in [2.05, 4.69) is 11.9 Å². The Morgan fingerprint density at radius 1 is 1.15 bits per heavy atom. The molecule has 6 heteroatoms. The molecule has 0 radical (unpaired) electrons. The van der Waals surface area contributed by atoms with Crippen LogP contribution in [-0.4, -0.2) is 47.2 Å². The molecule has 0 bridgehead atoms. The molecule has 1 aliphatic rings. The molecule has 0 unspecified atom stereocenters. The van der Waals surface area contributed by atoms with Gasteiger partial charge in [-0.25, -0.2) is 4.79 Å². The van der Waals surface area contributed by atoms with Crippen molar-refractivity contribution < 1.29 is 14.3 Å². The molecule has 6 nitrogen and oxygen atoms in total. The molecule has 0 atom stereocenters. The Labute approximate surface area is 153 Å². The van der Waals surface area contributed by atoms with E-state index >= 15 is 0 Å². The lowest BCUT2D eigenvalue weighted by Crippen LogP contribution is -2.46. The van der Waals surface area contributed by atoms with Gasteiger partial charge in [-0.05, 0) is 49.2 Å². The predicted octanol–water partition coefficient (Wildman–Crippen LogP) is 2.99. The van der Waals surface area contributed by atoms with Crippen molar-refractivity contribution in [1.82, 2.24) is 14.8 Å². The first kappa shape index (κ1) is 17.8. The highest BCUT2D eigenvalue weighted by Gasteiger charge is 2.24. The van der Waals surface area contributed by atoms with Crippen LogP contribution in [0, 0.1) is 0 Å². The van der Waals surface area contributed by atoms with Crippen LogP contribution in [0.3, 0.4) is 0 Å². The zero-order valence-corrected chi connectivity index (χ0v) is 14.6. The van der Waals surface area contributed by atoms with E-state index in [0.29, 0.717) is 18.7 Å². The predicted molar refractivity (Wildman–Crippen MR) is 99.4 cm³/mol. The summed E-state index contributed by atoms with van der Waals surface area (Å²) in [5.74, 6) is 0.0248. The van der Waals surface area contributed by atoms with Crippen molar-refractivity contribution in [3.05, 3.63) is 67.0 Å². The minimum absolute atomic E-state index is 0.0248. The van der Waals surface area contributed by atoms with Gasteiger partial charge in [0.25, 0.3) is 5.91 Å². The number of hydrogen-bond donors (Lipinski definition) is 1. The van der Waals surface area contributed by atoms with Crippen molar-refractivity contribution in [2.75, 3.05) is 19.7 Å². The van der Waals surface area contributed by atoms with Crippen LogP contribution in [0.15, 0.2) is 61.4 Å². The van der Waals surface area contributed by atoms with E-state index < -0.39 is 6.09 Å². The smallest absolute Gasteiger partial charge is 0.407 e. The van der Waals surface area contributed by atoms with Crippen molar-refractivity contribution in [2.45, 2.75) is 18.9 Å². The molecule has 2 amide bonds. The maximum absolute atomic E-state index is 12.7. The highest BCUT2D eigenvalue weighted by atomic mass is 16.5. The molecule has 2 heterocycles. The number of aromatic nitrogens is 1. The first-order valence-corrected chi connectivity index (χ1v) is 8.74. The largest absolute Gasteiger partial charge is 0.445 e. The third-order valence-electron chi connectivity index (χ3n) is 4.45. The van der Waals surface area contributed by atoms with Gasteiger partial charge in [-0.1, -0.05) is 12.7 Å². The summed E-state index contributed by atoms with van der Waals surface area (Å²) >= 11 is 0. The lowest BCUT2D eigenvalue weighted by molar-refractivity contribution is 0.0703. The number of likely N-dealkylation sites (tertiary alicyclic amines) is 1. The van der Waals surface area contributed by atoms with Gasteiger partial charge < -0.3 is 19.5 Å². The number of ether oxygens (including phenoxy) is 1. The Morgan fingerprint density at radius 3 is 2.42 bits per heavy atom. The normalized spacial score (nSPS) is 14.7. The van der Waals surface area contributed by atoms with E-state index in [1.165, 1.54) is 6.08 Å². The number of rotatable bonds is 5. The molecule has 1 aliphatic heterocycles. The third-order valence-corrected chi connectivity index (χ3v) is 4.45. The molecule has 1 saturated heterocycles. The highest BCUT2D eigenvalue weighted by Crippen LogP contribution is 2.16. The van der Waals surface area contributed by atoms with Crippen LogP contribution >= 0.6 is 0 Å². The van der Waals surface area contributed by atoms with E-state index in [9.17, 15) is 9.59 Å². The summed E-state index contributed by atoms with van der Waals surface area (Å²) < 4.78 is 6.93. The van der Waals surface area contributed by atoms with E-state index in [1.807, 2.05) is 58.3 Å². The Balaban J connectivity index is 1.52. The fourth-order valence-electron chi connectivity index (χ4n) is 3.04. The Morgan fingerprint density at radius 2 is 1.81 bits per heavy atom. The monoisotopic (exact) mass is 353 g/mol. The van der Waals surface area contributed by atoms with Crippen LogP contribution in [0.2, 0.25) is 0 Å². The summed E-state index contributed by atoms with van der Waals surface area (Å²) in [4.78, 5) is 26.1. The summed E-state index contributed by atoms with van der Waals surface area (Å²) in [7, 11) is 0. The summed E-state index contributed by atoms with van der Waals surface area (Å²) in [5.41, 5.74) is 1.70. The molecule has 0 aliphatic carbocycles. The van der Waals surface area contributed by atoms with Gasteiger partial charge in [0.05, 0.1) is 0 Å². The molecule has 1 aromatic carbocycles. The summed E-state index contributed by atoms with van der Waals surface area (Å²) in [5, 5.41) is 2.83. The number of alkyl carbamates (subject to hydrolysis) is 1. The average Bonchev–Trinajstić information content (AvgIpc) is 3.21. The molecular formula is C20H23N3O3. The van der Waals surface area contributed by atoms with Gasteiger partial charge in [0, 0.05) is 42.8 Å². The van der Waals surface area contributed by atoms with Gasteiger partial charge in [-0.2, -0.15) is 0 Å². The van der Waals surface area contributed by atoms with Crippen molar-refractivity contribution in [2.24, 2.45) is 0 Å². The summed E-state index contributed by atoms with van der Waals surface area (Å²) in [6.45, 7) is 4.93. The fourth-order valence-corrected chi connectivity index (χ4v) is 3.04. The van der Waals surface area contributed by atoms with Crippen LogP contribution in [0.25, 0.3) is 5.69 Å². The van der Waals surface area contributed by atoms with Crippen LogP contribution in [0.1, 0.15) is 23.2 Å². The van der Waals surface area contributed by atoms with E-state index in [-0.39, 0.29) is 18.6 Å². The number of carbonyl (C=O) groups is 2. The van der Waals surface area contributed by atoms with E-state index in [0.717, 1.165) is 18.5 Å². The third kappa shape index (κ3) is 4.33. The molecule has 26 heavy (non-hydrogen) atoms. The SMILES string of the molecule is C=CCOC(=O)NC1CCN(C(=O)c2ccc(-n3cccc3)cc2)CC1. The second kappa shape index (κ2) is 8.38. The standard InChI is InChI=1S/C20H23N3O3/c1-2-15-26-20(25)21-17-9-13-23(14-10-17)19(24)16-5-7-18(8-6-16)22-11-3-4-12-22/h2-8,11-12,17H,1,9-10,13-15H2,(H,21,25). The minimum atomic E-state index is -0.435. The summed E-state index contributed by atoms with van der Waals surface area (Å²) in [6.07, 6.45) is 6.47. The lowest BCUT2D eigenvalue weighted by Gasteiger charge is -2.32.